The summed E-state index contributed by atoms with van der Waals surface area (Å²) in [5, 5.41) is 19.5. The van der Waals surface area contributed by atoms with Crippen LogP contribution in [0.4, 0.5) is 5.69 Å². The molecule has 1 aromatic heterocycles. The van der Waals surface area contributed by atoms with Crippen molar-refractivity contribution < 1.29 is 15.0 Å². The van der Waals surface area contributed by atoms with E-state index in [9.17, 15) is 9.90 Å². The topological polar surface area (TPSA) is 76.6 Å². The van der Waals surface area contributed by atoms with E-state index in [4.69, 9.17) is 5.11 Å². The number of aryl methyl sites for hydroxylation is 1. The maximum atomic E-state index is 10.6. The first-order chi connectivity index (χ1) is 8.99. The minimum Gasteiger partial charge on any atom is -0.481 e. The van der Waals surface area contributed by atoms with Crippen LogP contribution in [0.5, 0.6) is 0 Å². The molecule has 0 aliphatic carbocycles. The molecule has 2 aromatic rings. The average Bonchev–Trinajstić information content (AvgIpc) is 2.63. The summed E-state index contributed by atoms with van der Waals surface area (Å²) in [5.41, 5.74) is 3.04. The summed E-state index contributed by atoms with van der Waals surface area (Å²) in [6, 6.07) is 7.92. The van der Waals surface area contributed by atoms with Crippen LogP contribution >= 0.6 is 0 Å². The van der Waals surface area contributed by atoms with Crippen molar-refractivity contribution in [3.8, 4) is 0 Å². The molecule has 102 valence electrons. The second-order valence-corrected chi connectivity index (χ2v) is 4.78. The molecule has 5 nitrogen and oxygen atoms in total. The van der Waals surface area contributed by atoms with Crippen molar-refractivity contribution in [1.29, 1.82) is 0 Å². The van der Waals surface area contributed by atoms with Crippen molar-refractivity contribution in [1.82, 2.24) is 4.98 Å². The number of anilines is 1. The summed E-state index contributed by atoms with van der Waals surface area (Å²) >= 11 is 0. The fourth-order valence-electron chi connectivity index (χ4n) is 2.43. The van der Waals surface area contributed by atoms with E-state index in [-0.39, 0.29) is 13.0 Å². The summed E-state index contributed by atoms with van der Waals surface area (Å²) in [5.74, 6) is -0.989. The highest BCUT2D eigenvalue weighted by molar-refractivity contribution is 5.94. The lowest BCUT2D eigenvalue weighted by Gasteiger charge is -2.22. The molecular formula is C14H18N2O3. The molecule has 1 heterocycles. The van der Waals surface area contributed by atoms with Gasteiger partial charge in [0.2, 0.25) is 0 Å². The molecule has 0 radical (unpaired) electrons. The van der Waals surface area contributed by atoms with Gasteiger partial charge in [0, 0.05) is 30.2 Å². The quantitative estimate of drug-likeness (QED) is 0.767. The average molecular weight is 262 g/mol. The fraction of sp³-hybridized carbons (Fsp3) is 0.357. The van der Waals surface area contributed by atoms with Crippen LogP contribution in [-0.2, 0) is 4.79 Å². The smallest absolute Gasteiger partial charge is 0.306 e. The number of fused-ring (bicyclic) bond motifs is 1. The lowest BCUT2D eigenvalue weighted by molar-refractivity contribution is -0.139. The molecule has 0 aliphatic heterocycles. The summed E-state index contributed by atoms with van der Waals surface area (Å²) in [6.07, 6.45) is -1.12. The fourth-order valence-corrected chi connectivity index (χ4v) is 2.43. The van der Waals surface area contributed by atoms with Crippen molar-refractivity contribution in [3.63, 3.8) is 0 Å². The predicted molar refractivity (Wildman–Crippen MR) is 74.6 cm³/mol. The van der Waals surface area contributed by atoms with Crippen molar-refractivity contribution in [3.05, 3.63) is 30.0 Å². The number of aliphatic hydroxyl groups excluding tert-OH is 1. The van der Waals surface area contributed by atoms with Gasteiger partial charge in [-0.25, -0.2) is 0 Å². The molecule has 0 aliphatic rings. The Labute approximate surface area is 111 Å². The Bertz CT molecular complexity index is 591. The number of hydrogen-bond acceptors (Lipinski definition) is 3. The Kier molecular flexibility index (Phi) is 3.76. The predicted octanol–water partition coefficient (Wildman–Crippen LogP) is 1.75. The SMILES string of the molecule is Cc1[nH]c2ccccc2c1N(C)CC(O)CC(=O)O. The van der Waals surface area contributed by atoms with Gasteiger partial charge >= 0.3 is 5.97 Å². The molecule has 0 amide bonds. The molecule has 1 unspecified atom stereocenters. The molecule has 0 fully saturated rings. The van der Waals surface area contributed by atoms with E-state index in [0.29, 0.717) is 0 Å². The van der Waals surface area contributed by atoms with Gasteiger partial charge in [-0.2, -0.15) is 0 Å². The standard InChI is InChI=1S/C14H18N2O3/c1-9-14(11-5-3-4-6-12(11)15-9)16(2)8-10(17)7-13(18)19/h3-6,10,15,17H,7-8H2,1-2H3,(H,18,19). The number of H-pyrrole nitrogens is 1. The normalized spacial score (nSPS) is 12.6. The third-order valence-corrected chi connectivity index (χ3v) is 3.14. The number of nitrogens with zero attached hydrogens (tertiary/aromatic N) is 1. The summed E-state index contributed by atoms with van der Waals surface area (Å²) in [4.78, 5) is 15.7. The highest BCUT2D eigenvalue weighted by Crippen LogP contribution is 2.29. The maximum absolute atomic E-state index is 10.6. The third-order valence-electron chi connectivity index (χ3n) is 3.14. The second-order valence-electron chi connectivity index (χ2n) is 4.78. The van der Waals surface area contributed by atoms with Crippen LogP contribution in [0.2, 0.25) is 0 Å². The molecule has 5 heteroatoms. The number of carbonyl (C=O) groups is 1. The maximum Gasteiger partial charge on any atom is 0.306 e. The Morgan fingerprint density at radius 2 is 2.11 bits per heavy atom. The van der Waals surface area contributed by atoms with E-state index >= 15 is 0 Å². The van der Waals surface area contributed by atoms with Gasteiger partial charge in [-0.3, -0.25) is 4.79 Å². The number of benzene rings is 1. The number of nitrogens with one attached hydrogen (secondary N) is 1. The zero-order valence-electron chi connectivity index (χ0n) is 11.1. The van der Waals surface area contributed by atoms with Crippen LogP contribution in [-0.4, -0.2) is 40.9 Å². The lowest BCUT2D eigenvalue weighted by Crippen LogP contribution is -2.30. The van der Waals surface area contributed by atoms with Crippen molar-refractivity contribution >= 4 is 22.6 Å². The highest BCUT2D eigenvalue weighted by atomic mass is 16.4. The molecule has 0 bridgehead atoms. The number of carboxylic acid groups (broad SMARTS) is 1. The van der Waals surface area contributed by atoms with Crippen LogP contribution in [0, 0.1) is 6.92 Å². The van der Waals surface area contributed by atoms with Gasteiger partial charge in [-0.05, 0) is 13.0 Å². The Morgan fingerprint density at radius 3 is 2.79 bits per heavy atom. The van der Waals surface area contributed by atoms with Crippen LogP contribution in [0.3, 0.4) is 0 Å². The van der Waals surface area contributed by atoms with Crippen molar-refractivity contribution in [2.75, 3.05) is 18.5 Å². The van der Waals surface area contributed by atoms with E-state index in [2.05, 4.69) is 4.98 Å². The van der Waals surface area contributed by atoms with E-state index in [1.54, 1.807) is 0 Å². The first-order valence-electron chi connectivity index (χ1n) is 6.17. The van der Waals surface area contributed by atoms with Crippen LogP contribution in [0.25, 0.3) is 10.9 Å². The monoisotopic (exact) mass is 262 g/mol. The Hall–Kier alpha value is -2.01. The second kappa shape index (κ2) is 5.32. The van der Waals surface area contributed by atoms with E-state index in [1.165, 1.54) is 0 Å². The Balaban J connectivity index is 2.23. The number of hydrogen-bond donors (Lipinski definition) is 3. The minimum absolute atomic E-state index is 0.244. The lowest BCUT2D eigenvalue weighted by atomic mass is 10.2. The van der Waals surface area contributed by atoms with E-state index < -0.39 is 12.1 Å². The number of aromatic nitrogens is 1. The highest BCUT2D eigenvalue weighted by Gasteiger charge is 2.17. The summed E-state index contributed by atoms with van der Waals surface area (Å²) in [6.45, 7) is 2.25. The van der Waals surface area contributed by atoms with E-state index in [1.807, 2.05) is 43.1 Å². The largest absolute Gasteiger partial charge is 0.481 e. The van der Waals surface area contributed by atoms with Gasteiger partial charge in [0.05, 0.1) is 18.2 Å². The number of carboxylic acids is 1. The van der Waals surface area contributed by atoms with Crippen molar-refractivity contribution in [2.24, 2.45) is 0 Å². The van der Waals surface area contributed by atoms with Crippen LogP contribution in [0.15, 0.2) is 24.3 Å². The van der Waals surface area contributed by atoms with E-state index in [0.717, 1.165) is 22.3 Å². The summed E-state index contributed by atoms with van der Waals surface area (Å²) < 4.78 is 0. The molecule has 19 heavy (non-hydrogen) atoms. The molecular weight excluding hydrogens is 244 g/mol. The summed E-state index contributed by atoms with van der Waals surface area (Å²) in [7, 11) is 1.85. The minimum atomic E-state index is -0.989. The van der Waals surface area contributed by atoms with Crippen molar-refractivity contribution in [2.45, 2.75) is 19.4 Å². The number of aliphatic carboxylic acids is 1. The molecule has 1 atom stereocenters. The molecule has 3 N–H and O–H groups in total. The first kappa shape index (κ1) is 13.4. The molecule has 1 aromatic carbocycles. The number of aromatic amines is 1. The molecule has 0 saturated carbocycles. The van der Waals surface area contributed by atoms with Gasteiger partial charge in [0.25, 0.3) is 0 Å². The van der Waals surface area contributed by atoms with Gasteiger partial charge in [0.15, 0.2) is 0 Å². The zero-order valence-corrected chi connectivity index (χ0v) is 11.1. The number of likely N-dealkylation sites (N-methyl/N-ethyl adjacent to an activating group) is 1. The molecule has 0 spiro atoms. The first-order valence-corrected chi connectivity index (χ1v) is 6.17. The van der Waals surface area contributed by atoms with Gasteiger partial charge in [-0.1, -0.05) is 18.2 Å². The van der Waals surface area contributed by atoms with Gasteiger partial charge in [-0.15, -0.1) is 0 Å². The molecule has 0 saturated heterocycles. The van der Waals surface area contributed by atoms with Gasteiger partial charge in [0.1, 0.15) is 0 Å². The number of para-hydroxylation sites is 1. The third kappa shape index (κ3) is 2.88. The number of aliphatic hydroxyl groups is 1. The Morgan fingerprint density at radius 1 is 1.42 bits per heavy atom. The zero-order chi connectivity index (χ0) is 14.0. The van der Waals surface area contributed by atoms with Gasteiger partial charge < -0.3 is 20.1 Å². The number of rotatable bonds is 5. The van der Waals surface area contributed by atoms with Crippen LogP contribution in [0.1, 0.15) is 12.1 Å². The van der Waals surface area contributed by atoms with Crippen LogP contribution < -0.4 is 4.90 Å². The molecule has 2 rings (SSSR count).